The number of benzene rings is 1. The van der Waals surface area contributed by atoms with Gasteiger partial charge in [0.05, 0.1) is 6.20 Å². The third kappa shape index (κ3) is 1.81. The molecule has 0 atom stereocenters. The summed E-state index contributed by atoms with van der Waals surface area (Å²) in [6.45, 7) is 0. The molecule has 0 aliphatic heterocycles. The summed E-state index contributed by atoms with van der Waals surface area (Å²) in [5.74, 6) is 0.914. The lowest BCUT2D eigenvalue weighted by molar-refractivity contribution is 0.585. The quantitative estimate of drug-likeness (QED) is 0.550. The van der Waals surface area contributed by atoms with Crippen molar-refractivity contribution < 1.29 is 4.42 Å². The van der Waals surface area contributed by atoms with Crippen molar-refractivity contribution in [3.05, 3.63) is 53.3 Å². The zero-order valence-corrected chi connectivity index (χ0v) is 11.5. The Labute approximate surface area is 123 Å². The molecule has 0 saturated carbocycles. The molecule has 0 aliphatic rings. The fourth-order valence-corrected chi connectivity index (χ4v) is 2.15. The summed E-state index contributed by atoms with van der Waals surface area (Å²) in [7, 11) is 1.52. The molecule has 4 rings (SSSR count). The van der Waals surface area contributed by atoms with E-state index in [0.29, 0.717) is 23.0 Å². The lowest BCUT2D eigenvalue weighted by atomic mass is 10.2. The molecule has 0 spiro atoms. The minimum absolute atomic E-state index is 0.295. The van der Waals surface area contributed by atoms with E-state index in [2.05, 4.69) is 20.3 Å². The van der Waals surface area contributed by atoms with Crippen molar-refractivity contribution in [3.8, 4) is 22.9 Å². The average molecular weight is 294 g/mol. The van der Waals surface area contributed by atoms with Gasteiger partial charge in [-0.25, -0.2) is 19.2 Å². The van der Waals surface area contributed by atoms with Crippen LogP contribution in [0.4, 0.5) is 0 Å². The molecule has 1 aromatic carbocycles. The summed E-state index contributed by atoms with van der Waals surface area (Å²) in [6.07, 6.45) is 3.00. The van der Waals surface area contributed by atoms with E-state index in [1.807, 2.05) is 30.3 Å². The van der Waals surface area contributed by atoms with Crippen LogP contribution in [0.5, 0.6) is 0 Å². The molecular formula is C14H10N6O2. The van der Waals surface area contributed by atoms with Crippen LogP contribution in [-0.4, -0.2) is 29.4 Å². The first-order chi connectivity index (χ1) is 10.7. The molecule has 0 bridgehead atoms. The smallest absolute Gasteiger partial charge is 0.352 e. The number of aryl methyl sites for hydroxylation is 1. The third-order valence-electron chi connectivity index (χ3n) is 3.27. The molecule has 0 unspecified atom stereocenters. The fraction of sp³-hybridized carbons (Fsp3) is 0.0714. The summed E-state index contributed by atoms with van der Waals surface area (Å²) < 4.78 is 8.16. The number of aromatic nitrogens is 6. The van der Waals surface area contributed by atoms with Crippen LogP contribution in [0.2, 0.25) is 0 Å². The summed E-state index contributed by atoms with van der Waals surface area (Å²) in [6, 6.07) is 9.60. The molecule has 3 aromatic heterocycles. The van der Waals surface area contributed by atoms with Gasteiger partial charge in [0.15, 0.2) is 17.1 Å². The number of hydrogen-bond donors (Lipinski definition) is 0. The largest absolute Gasteiger partial charge is 0.435 e. The molecule has 4 aromatic rings. The van der Waals surface area contributed by atoms with Gasteiger partial charge in [-0.1, -0.05) is 35.5 Å². The molecule has 0 saturated heterocycles. The summed E-state index contributed by atoms with van der Waals surface area (Å²) in [5, 5.41) is 7.73. The Hall–Kier alpha value is -3.29. The van der Waals surface area contributed by atoms with Gasteiger partial charge in [-0.05, 0) is 0 Å². The van der Waals surface area contributed by atoms with Crippen LogP contribution >= 0.6 is 0 Å². The van der Waals surface area contributed by atoms with Crippen molar-refractivity contribution in [3.63, 3.8) is 0 Å². The Kier molecular flexibility index (Phi) is 2.62. The second-order valence-electron chi connectivity index (χ2n) is 4.68. The van der Waals surface area contributed by atoms with Crippen LogP contribution in [0.3, 0.4) is 0 Å². The third-order valence-corrected chi connectivity index (χ3v) is 3.27. The Balaban J connectivity index is 1.85. The van der Waals surface area contributed by atoms with E-state index in [0.717, 1.165) is 10.2 Å². The maximum Gasteiger partial charge on any atom is 0.352 e. The van der Waals surface area contributed by atoms with Gasteiger partial charge in [-0.15, -0.1) is 5.10 Å². The lowest BCUT2D eigenvalue weighted by Gasteiger charge is -1.96. The van der Waals surface area contributed by atoms with E-state index >= 15 is 0 Å². The van der Waals surface area contributed by atoms with Crippen molar-refractivity contribution in [1.82, 2.24) is 29.4 Å². The van der Waals surface area contributed by atoms with Crippen molar-refractivity contribution in [2.45, 2.75) is 0 Å². The first kappa shape index (κ1) is 12.5. The van der Waals surface area contributed by atoms with Gasteiger partial charge in [0.2, 0.25) is 5.89 Å². The summed E-state index contributed by atoms with van der Waals surface area (Å²) >= 11 is 0. The van der Waals surface area contributed by atoms with Crippen LogP contribution in [0, 0.1) is 0 Å². The minimum Gasteiger partial charge on any atom is -0.435 e. The Morgan fingerprint density at radius 2 is 1.95 bits per heavy atom. The second kappa shape index (κ2) is 4.62. The van der Waals surface area contributed by atoms with Crippen LogP contribution in [0.25, 0.3) is 28.6 Å². The van der Waals surface area contributed by atoms with Crippen molar-refractivity contribution >= 4 is 5.65 Å². The zero-order valence-electron chi connectivity index (χ0n) is 11.5. The summed E-state index contributed by atoms with van der Waals surface area (Å²) in [4.78, 5) is 20.3. The fourth-order valence-electron chi connectivity index (χ4n) is 2.15. The van der Waals surface area contributed by atoms with Gasteiger partial charge < -0.3 is 4.42 Å². The number of hydrogen-bond acceptors (Lipinski definition) is 6. The molecule has 22 heavy (non-hydrogen) atoms. The topological polar surface area (TPSA) is 91.1 Å². The van der Waals surface area contributed by atoms with Crippen LogP contribution < -0.4 is 5.69 Å². The first-order valence-corrected chi connectivity index (χ1v) is 6.53. The highest BCUT2D eigenvalue weighted by Gasteiger charge is 2.17. The van der Waals surface area contributed by atoms with E-state index < -0.39 is 0 Å². The standard InChI is InChI=1S/C14H10N6O2/c1-19-14(21)20-8-16-11(12(20)17-18-19)13-15-7-10(22-13)9-5-3-2-4-6-9/h2-8H,1H3. The van der Waals surface area contributed by atoms with E-state index in [1.54, 1.807) is 6.20 Å². The van der Waals surface area contributed by atoms with E-state index in [4.69, 9.17) is 4.42 Å². The van der Waals surface area contributed by atoms with Gasteiger partial charge >= 0.3 is 5.69 Å². The van der Waals surface area contributed by atoms with Crippen molar-refractivity contribution in [2.75, 3.05) is 0 Å². The number of nitrogens with zero attached hydrogens (tertiary/aromatic N) is 6. The lowest BCUT2D eigenvalue weighted by Crippen LogP contribution is -2.26. The molecule has 0 fully saturated rings. The normalized spacial score (nSPS) is 11.1. The van der Waals surface area contributed by atoms with Crippen molar-refractivity contribution in [1.29, 1.82) is 0 Å². The molecule has 0 aliphatic carbocycles. The predicted octanol–water partition coefficient (Wildman–Crippen LogP) is 1.14. The van der Waals surface area contributed by atoms with Crippen LogP contribution in [0.15, 0.2) is 52.1 Å². The van der Waals surface area contributed by atoms with Crippen molar-refractivity contribution in [2.24, 2.45) is 7.05 Å². The molecule has 0 radical (unpaired) electrons. The molecule has 0 N–H and O–H groups in total. The molecule has 108 valence electrons. The average Bonchev–Trinajstić information content (AvgIpc) is 3.18. The van der Waals surface area contributed by atoms with E-state index in [-0.39, 0.29) is 5.69 Å². The number of imidazole rings is 1. The summed E-state index contributed by atoms with van der Waals surface area (Å²) in [5.41, 5.74) is 1.27. The molecule has 8 nitrogen and oxygen atoms in total. The van der Waals surface area contributed by atoms with Gasteiger partial charge in [-0.2, -0.15) is 4.68 Å². The van der Waals surface area contributed by atoms with E-state index in [1.165, 1.54) is 17.8 Å². The monoisotopic (exact) mass is 294 g/mol. The Morgan fingerprint density at radius 1 is 1.14 bits per heavy atom. The highest BCUT2D eigenvalue weighted by atomic mass is 16.4. The highest BCUT2D eigenvalue weighted by molar-refractivity contribution is 5.68. The Morgan fingerprint density at radius 3 is 2.77 bits per heavy atom. The molecular weight excluding hydrogens is 284 g/mol. The maximum absolute atomic E-state index is 11.9. The van der Waals surface area contributed by atoms with Gasteiger partial charge in [-0.3, -0.25) is 0 Å². The molecule has 0 amide bonds. The minimum atomic E-state index is -0.335. The number of fused-ring (bicyclic) bond motifs is 1. The van der Waals surface area contributed by atoms with E-state index in [9.17, 15) is 4.79 Å². The predicted molar refractivity (Wildman–Crippen MR) is 77.0 cm³/mol. The maximum atomic E-state index is 11.9. The molecule has 3 heterocycles. The van der Waals surface area contributed by atoms with Crippen LogP contribution in [-0.2, 0) is 7.05 Å². The number of rotatable bonds is 2. The number of oxazole rings is 1. The zero-order chi connectivity index (χ0) is 15.1. The Bertz CT molecular complexity index is 1010. The second-order valence-corrected chi connectivity index (χ2v) is 4.68. The SMILES string of the molecule is Cn1nnc2c(-c3ncc(-c4ccccc4)o3)ncn2c1=O. The molecule has 8 heteroatoms. The van der Waals surface area contributed by atoms with Gasteiger partial charge in [0.1, 0.15) is 6.33 Å². The van der Waals surface area contributed by atoms with Gasteiger partial charge in [0, 0.05) is 12.6 Å². The highest BCUT2D eigenvalue weighted by Crippen LogP contribution is 2.26. The van der Waals surface area contributed by atoms with Gasteiger partial charge in [0.25, 0.3) is 0 Å². The van der Waals surface area contributed by atoms with Crippen LogP contribution in [0.1, 0.15) is 0 Å². The first-order valence-electron chi connectivity index (χ1n) is 6.53.